The van der Waals surface area contributed by atoms with E-state index in [1.54, 1.807) is 42.5 Å². The summed E-state index contributed by atoms with van der Waals surface area (Å²) >= 11 is 0. The van der Waals surface area contributed by atoms with E-state index >= 15 is 0 Å². The highest BCUT2D eigenvalue weighted by atomic mass is 19.1. The fraction of sp³-hybridized carbons (Fsp3) is 0.265. The first-order chi connectivity index (χ1) is 22.6. The third kappa shape index (κ3) is 8.31. The Morgan fingerprint density at radius 3 is 2.55 bits per heavy atom. The summed E-state index contributed by atoms with van der Waals surface area (Å²) in [5.74, 6) is 0.191. The van der Waals surface area contributed by atoms with Crippen LogP contribution in [0.25, 0.3) is 0 Å². The number of carbonyl (C=O) groups excluding carboxylic acids is 1. The van der Waals surface area contributed by atoms with Crippen molar-refractivity contribution in [1.29, 1.82) is 0 Å². The predicted molar refractivity (Wildman–Crippen MR) is 178 cm³/mol. The van der Waals surface area contributed by atoms with Crippen molar-refractivity contribution in [2.24, 2.45) is 0 Å². The molecule has 11 nitrogen and oxygen atoms in total. The monoisotopic (exact) mass is 645 g/mol. The number of hydrogen-bond acceptors (Lipinski definition) is 10. The molecule has 4 aromatic rings. The summed E-state index contributed by atoms with van der Waals surface area (Å²) in [5.41, 5.74) is 2.77. The average molecular weight is 646 g/mol. The first kappa shape index (κ1) is 33.1. The molecule has 1 aliphatic heterocycles. The highest BCUT2D eigenvalue weighted by Crippen LogP contribution is 2.40. The second-order valence-corrected chi connectivity index (χ2v) is 11.1. The molecule has 0 bridgehead atoms. The minimum atomic E-state index is -0.724. The van der Waals surface area contributed by atoms with Crippen LogP contribution in [0.3, 0.4) is 0 Å². The highest BCUT2D eigenvalue weighted by Gasteiger charge is 2.30. The summed E-state index contributed by atoms with van der Waals surface area (Å²) in [5, 5.41) is 7.89. The second kappa shape index (κ2) is 14.9. The van der Waals surface area contributed by atoms with E-state index in [2.05, 4.69) is 32.1 Å². The smallest absolute Gasteiger partial charge is 0.247 e. The van der Waals surface area contributed by atoms with Gasteiger partial charge in [-0.2, -0.15) is 0 Å². The number of hydroxylamine groups is 1. The lowest BCUT2D eigenvalue weighted by Crippen LogP contribution is -2.29. The first-order valence-corrected chi connectivity index (χ1v) is 14.9. The van der Waals surface area contributed by atoms with Gasteiger partial charge in [0.15, 0.2) is 5.82 Å². The summed E-state index contributed by atoms with van der Waals surface area (Å²) in [6, 6.07) is 15.4. The number of rotatable bonds is 13. The van der Waals surface area contributed by atoms with Crippen LogP contribution in [0.15, 0.2) is 79.6 Å². The van der Waals surface area contributed by atoms with Crippen LogP contribution in [-0.4, -0.2) is 68.7 Å². The molecule has 1 atom stereocenters. The molecule has 1 amide bonds. The van der Waals surface area contributed by atoms with Gasteiger partial charge in [0.25, 0.3) is 0 Å². The molecule has 0 aliphatic carbocycles. The van der Waals surface area contributed by atoms with Crippen LogP contribution in [0.5, 0.6) is 17.2 Å². The molecule has 1 aliphatic rings. The van der Waals surface area contributed by atoms with Gasteiger partial charge in [-0.1, -0.05) is 18.7 Å². The predicted octanol–water partition coefficient (Wildman–Crippen LogP) is 6.30. The summed E-state index contributed by atoms with van der Waals surface area (Å²) in [6.07, 6.45) is 3.30. The van der Waals surface area contributed by atoms with Crippen molar-refractivity contribution in [1.82, 2.24) is 14.9 Å². The van der Waals surface area contributed by atoms with Crippen molar-refractivity contribution < 1.29 is 27.9 Å². The van der Waals surface area contributed by atoms with Gasteiger partial charge < -0.3 is 29.9 Å². The van der Waals surface area contributed by atoms with E-state index in [0.717, 1.165) is 36.0 Å². The molecule has 246 valence electrons. The van der Waals surface area contributed by atoms with E-state index in [0.29, 0.717) is 54.1 Å². The largest absolute Gasteiger partial charge is 0.494 e. The molecule has 13 heteroatoms. The lowest BCUT2D eigenvalue weighted by molar-refractivity contribution is -0.111. The minimum absolute atomic E-state index is 0.0570. The molecule has 1 saturated heterocycles. The Bertz CT molecular complexity index is 1720. The number of aromatic nitrogens is 2. The van der Waals surface area contributed by atoms with Gasteiger partial charge in [0, 0.05) is 56.9 Å². The van der Waals surface area contributed by atoms with Gasteiger partial charge in [-0.3, -0.25) is 9.63 Å². The standard InChI is InChI=1S/C34H37F2N7O4/c1-6-34(44)40-27-18-28(31(45-5)19-30(27)42(4)12-11-41(2)3)39-32-20-33(38-21-37-32)43-29(10-13-46-43)22-8-7-9-25(14-22)47-26-16-23(35)15-24(36)17-26/h6-9,14-21,29H,1,10-13H2,2-5H3,(H,40,44)(H,37,38,39). The Balaban J connectivity index is 1.39. The van der Waals surface area contributed by atoms with E-state index in [1.807, 2.05) is 38.2 Å². The molecule has 0 saturated carbocycles. The zero-order valence-corrected chi connectivity index (χ0v) is 26.7. The quantitative estimate of drug-likeness (QED) is 0.161. The van der Waals surface area contributed by atoms with Crippen molar-refractivity contribution >= 4 is 34.6 Å². The number of hydrogen-bond donors (Lipinski definition) is 2. The number of amides is 1. The number of ether oxygens (including phenoxy) is 2. The molecule has 5 rings (SSSR count). The highest BCUT2D eigenvalue weighted by molar-refractivity contribution is 6.02. The van der Waals surface area contributed by atoms with Gasteiger partial charge in [-0.15, -0.1) is 0 Å². The molecular formula is C34H37F2N7O4. The zero-order chi connectivity index (χ0) is 33.5. The normalized spacial score (nSPS) is 14.2. The molecule has 3 aromatic carbocycles. The number of methoxy groups -OCH3 is 1. The van der Waals surface area contributed by atoms with Gasteiger partial charge in [-0.05, 0) is 43.9 Å². The molecule has 1 aromatic heterocycles. The maximum atomic E-state index is 13.7. The van der Waals surface area contributed by atoms with Crippen LogP contribution in [0.2, 0.25) is 0 Å². The fourth-order valence-electron chi connectivity index (χ4n) is 5.09. The van der Waals surface area contributed by atoms with Crippen LogP contribution >= 0.6 is 0 Å². The Morgan fingerprint density at radius 1 is 1.04 bits per heavy atom. The maximum Gasteiger partial charge on any atom is 0.247 e. The van der Waals surface area contributed by atoms with E-state index in [9.17, 15) is 13.6 Å². The van der Waals surface area contributed by atoms with Crippen LogP contribution in [0.4, 0.5) is 37.5 Å². The molecule has 1 unspecified atom stereocenters. The molecule has 0 radical (unpaired) electrons. The van der Waals surface area contributed by atoms with E-state index in [4.69, 9.17) is 14.3 Å². The van der Waals surface area contributed by atoms with Crippen molar-refractivity contribution in [2.75, 3.05) is 68.5 Å². The Labute approximate surface area is 272 Å². The number of nitrogens with zero attached hydrogens (tertiary/aromatic N) is 5. The molecule has 0 spiro atoms. The van der Waals surface area contributed by atoms with Crippen LogP contribution in [0.1, 0.15) is 18.0 Å². The van der Waals surface area contributed by atoms with Crippen molar-refractivity contribution in [3.05, 3.63) is 96.8 Å². The Hall–Kier alpha value is -5.27. The number of likely N-dealkylation sites (N-methyl/N-ethyl adjacent to an activating group) is 2. The number of nitrogens with one attached hydrogen (secondary N) is 2. The van der Waals surface area contributed by atoms with E-state index in [-0.39, 0.29) is 17.7 Å². The molecule has 2 N–H and O–H groups in total. The second-order valence-electron chi connectivity index (χ2n) is 11.1. The molecular weight excluding hydrogens is 608 g/mol. The summed E-state index contributed by atoms with van der Waals surface area (Å²) in [6.45, 7) is 5.54. The van der Waals surface area contributed by atoms with E-state index < -0.39 is 11.6 Å². The Morgan fingerprint density at radius 2 is 1.83 bits per heavy atom. The number of anilines is 5. The molecule has 47 heavy (non-hydrogen) atoms. The zero-order valence-electron chi connectivity index (χ0n) is 26.7. The third-order valence-corrected chi connectivity index (χ3v) is 7.42. The van der Waals surface area contributed by atoms with Gasteiger partial charge in [0.2, 0.25) is 5.91 Å². The average Bonchev–Trinajstić information content (AvgIpc) is 3.54. The van der Waals surface area contributed by atoms with Crippen molar-refractivity contribution in [3.63, 3.8) is 0 Å². The Kier molecular flexibility index (Phi) is 10.5. The summed E-state index contributed by atoms with van der Waals surface area (Å²) < 4.78 is 38.9. The summed E-state index contributed by atoms with van der Waals surface area (Å²) in [7, 11) is 7.51. The molecule has 1 fully saturated rings. The topological polar surface area (TPSA) is 104 Å². The number of carbonyl (C=O) groups is 1. The third-order valence-electron chi connectivity index (χ3n) is 7.42. The summed E-state index contributed by atoms with van der Waals surface area (Å²) in [4.78, 5) is 31.3. The van der Waals surface area contributed by atoms with Gasteiger partial charge in [-0.25, -0.2) is 23.8 Å². The number of halogens is 2. The van der Waals surface area contributed by atoms with Crippen LogP contribution in [-0.2, 0) is 9.63 Å². The lowest BCUT2D eigenvalue weighted by Gasteiger charge is -2.26. The van der Waals surface area contributed by atoms with Gasteiger partial charge in [0.1, 0.15) is 41.0 Å². The minimum Gasteiger partial charge on any atom is -0.494 e. The van der Waals surface area contributed by atoms with Crippen LogP contribution in [0, 0.1) is 11.6 Å². The number of benzene rings is 3. The maximum absolute atomic E-state index is 13.7. The van der Waals surface area contributed by atoms with Gasteiger partial charge >= 0.3 is 0 Å². The van der Waals surface area contributed by atoms with Crippen molar-refractivity contribution in [2.45, 2.75) is 12.5 Å². The van der Waals surface area contributed by atoms with Crippen molar-refractivity contribution in [3.8, 4) is 17.2 Å². The van der Waals surface area contributed by atoms with Gasteiger partial charge in [0.05, 0.1) is 36.8 Å². The van der Waals surface area contributed by atoms with Crippen LogP contribution < -0.4 is 30.1 Å². The SMILES string of the molecule is C=CC(=O)Nc1cc(Nc2cc(N3OCCC3c3cccc(Oc4cc(F)cc(F)c4)c3)ncn2)c(OC)cc1N(C)CCN(C)C. The molecule has 2 heterocycles. The van der Waals surface area contributed by atoms with E-state index in [1.165, 1.54) is 12.4 Å². The first-order valence-electron chi connectivity index (χ1n) is 14.9. The fourth-order valence-corrected chi connectivity index (χ4v) is 5.09. The lowest BCUT2D eigenvalue weighted by atomic mass is 10.0.